The number of hydrogen-bond acceptors (Lipinski definition) is 2. The minimum absolute atomic E-state index is 0.757. The fourth-order valence-electron chi connectivity index (χ4n) is 1.92. The third-order valence-electron chi connectivity index (χ3n) is 3.01. The predicted octanol–water partition coefficient (Wildman–Crippen LogP) is 7.90. The van der Waals surface area contributed by atoms with E-state index in [0.717, 1.165) is 10.0 Å². The Balaban J connectivity index is 1.90. The van der Waals surface area contributed by atoms with Crippen molar-refractivity contribution in [1.29, 1.82) is 0 Å². The first-order valence-electron chi connectivity index (χ1n) is 6.77. The molecule has 0 radical (unpaired) electrons. The van der Waals surface area contributed by atoms with Crippen LogP contribution in [-0.2, 0) is 0 Å². The Hall–Kier alpha value is -0.330. The number of benzene rings is 3. The van der Waals surface area contributed by atoms with Crippen LogP contribution >= 0.6 is 69.3 Å². The molecule has 0 aliphatic carbocycles. The maximum absolute atomic E-state index is 5.97. The molecule has 0 saturated heterocycles. The molecule has 3 rings (SSSR count). The van der Waals surface area contributed by atoms with Crippen molar-refractivity contribution < 1.29 is 0 Å². The molecule has 0 spiro atoms. The van der Waals surface area contributed by atoms with Gasteiger partial charge in [-0.05, 0) is 83.3 Å². The van der Waals surface area contributed by atoms with E-state index in [2.05, 4.69) is 40.8 Å². The summed E-state index contributed by atoms with van der Waals surface area (Å²) in [6.07, 6.45) is 0. The minimum Gasteiger partial charge on any atom is -0.0889 e. The highest BCUT2D eigenvalue weighted by Crippen LogP contribution is 2.41. The summed E-state index contributed by atoms with van der Waals surface area (Å²) < 4.78 is 1.24. The summed E-state index contributed by atoms with van der Waals surface area (Å²) in [5.74, 6) is 0. The van der Waals surface area contributed by atoms with Gasteiger partial charge in [0, 0.05) is 33.2 Å². The van der Waals surface area contributed by atoms with Gasteiger partial charge < -0.3 is 0 Å². The second kappa shape index (κ2) is 8.17. The van der Waals surface area contributed by atoms with E-state index >= 15 is 0 Å². The van der Waals surface area contributed by atoms with Crippen molar-refractivity contribution in [2.75, 3.05) is 0 Å². The van der Waals surface area contributed by atoms with E-state index < -0.39 is 0 Å². The highest BCUT2D eigenvalue weighted by atomic mass is 127. The molecule has 0 bridgehead atoms. The molecule has 0 nitrogen and oxygen atoms in total. The molecule has 0 fully saturated rings. The van der Waals surface area contributed by atoms with E-state index in [4.69, 9.17) is 23.2 Å². The highest BCUT2D eigenvalue weighted by molar-refractivity contribution is 14.1. The van der Waals surface area contributed by atoms with Gasteiger partial charge in [0.05, 0.1) is 0 Å². The Morgan fingerprint density at radius 1 is 0.652 bits per heavy atom. The third kappa shape index (κ3) is 4.83. The topological polar surface area (TPSA) is 0 Å². The van der Waals surface area contributed by atoms with Gasteiger partial charge in [0.25, 0.3) is 0 Å². The molecule has 3 aromatic rings. The lowest BCUT2D eigenvalue weighted by Crippen LogP contribution is -1.84. The largest absolute Gasteiger partial charge is 0.0889 e. The predicted molar refractivity (Wildman–Crippen MR) is 110 cm³/mol. The van der Waals surface area contributed by atoms with E-state index in [-0.39, 0.29) is 0 Å². The lowest BCUT2D eigenvalue weighted by molar-refractivity contribution is 1.20. The van der Waals surface area contributed by atoms with Crippen LogP contribution in [0.1, 0.15) is 0 Å². The fourth-order valence-corrected chi connectivity index (χ4v) is 5.15. The minimum atomic E-state index is 0.757. The van der Waals surface area contributed by atoms with Crippen LogP contribution < -0.4 is 0 Å². The molecule has 0 atom stereocenters. The molecule has 0 aromatic heterocycles. The average Bonchev–Trinajstić information content (AvgIpc) is 2.55. The summed E-state index contributed by atoms with van der Waals surface area (Å²) in [4.78, 5) is 4.85. The Kier molecular flexibility index (Phi) is 6.21. The Morgan fingerprint density at radius 2 is 1.17 bits per heavy atom. The van der Waals surface area contributed by atoms with Gasteiger partial charge in [0.2, 0.25) is 0 Å². The molecule has 3 aromatic carbocycles. The first kappa shape index (κ1) is 17.5. The maximum atomic E-state index is 5.97. The number of hydrogen-bond donors (Lipinski definition) is 0. The van der Waals surface area contributed by atoms with Crippen LogP contribution in [0.25, 0.3) is 0 Å². The summed E-state index contributed by atoms with van der Waals surface area (Å²) >= 11 is 17.8. The van der Waals surface area contributed by atoms with Crippen molar-refractivity contribution in [2.45, 2.75) is 19.6 Å². The Bertz CT molecular complexity index is 802. The zero-order valence-corrected chi connectivity index (χ0v) is 17.1. The van der Waals surface area contributed by atoms with E-state index in [9.17, 15) is 0 Å². The molecule has 0 heterocycles. The van der Waals surface area contributed by atoms with Gasteiger partial charge in [-0.3, -0.25) is 0 Å². The van der Waals surface area contributed by atoms with E-state index in [1.807, 2.05) is 48.5 Å². The van der Waals surface area contributed by atoms with Crippen molar-refractivity contribution in [3.8, 4) is 0 Å². The maximum Gasteiger partial charge on any atom is 0.0406 e. The Labute approximate surface area is 168 Å². The van der Waals surface area contributed by atoms with E-state index in [1.165, 1.54) is 23.2 Å². The normalized spacial score (nSPS) is 10.7. The van der Waals surface area contributed by atoms with Crippen LogP contribution in [0.5, 0.6) is 0 Å². The molecule has 116 valence electrons. The van der Waals surface area contributed by atoms with Gasteiger partial charge >= 0.3 is 0 Å². The lowest BCUT2D eigenvalue weighted by atomic mass is 10.4. The number of rotatable bonds is 4. The van der Waals surface area contributed by atoms with Crippen molar-refractivity contribution in [3.63, 3.8) is 0 Å². The fraction of sp³-hybridized carbons (Fsp3) is 0. The quantitative estimate of drug-likeness (QED) is 0.342. The third-order valence-corrected chi connectivity index (χ3v) is 7.12. The smallest absolute Gasteiger partial charge is 0.0406 e. The van der Waals surface area contributed by atoms with Crippen molar-refractivity contribution in [1.82, 2.24) is 0 Å². The highest BCUT2D eigenvalue weighted by Gasteiger charge is 2.10. The van der Waals surface area contributed by atoms with Crippen LogP contribution in [0.2, 0.25) is 10.0 Å². The van der Waals surface area contributed by atoms with Gasteiger partial charge in [-0.2, -0.15) is 0 Å². The molecule has 23 heavy (non-hydrogen) atoms. The van der Waals surface area contributed by atoms with Crippen LogP contribution in [0.15, 0.2) is 86.3 Å². The van der Waals surface area contributed by atoms with Crippen molar-refractivity contribution in [3.05, 3.63) is 80.3 Å². The van der Waals surface area contributed by atoms with Gasteiger partial charge in [-0.1, -0.05) is 52.8 Å². The zero-order chi connectivity index (χ0) is 16.2. The monoisotopic (exact) mass is 488 g/mol. The van der Waals surface area contributed by atoms with Crippen LogP contribution in [-0.4, -0.2) is 0 Å². The molecule has 0 unspecified atom stereocenters. The van der Waals surface area contributed by atoms with Crippen LogP contribution in [0.4, 0.5) is 0 Å². The lowest BCUT2D eigenvalue weighted by Gasteiger charge is -2.11. The first-order valence-corrected chi connectivity index (χ1v) is 10.2. The van der Waals surface area contributed by atoms with E-state index in [1.54, 1.807) is 23.5 Å². The summed E-state index contributed by atoms with van der Waals surface area (Å²) in [5.41, 5.74) is 0. The van der Waals surface area contributed by atoms with Crippen LogP contribution in [0, 0.1) is 3.57 Å². The van der Waals surface area contributed by atoms with Gasteiger partial charge in [0.15, 0.2) is 0 Å². The van der Waals surface area contributed by atoms with Gasteiger partial charge in [-0.25, -0.2) is 0 Å². The first-order chi connectivity index (χ1) is 11.1. The van der Waals surface area contributed by atoms with Crippen molar-refractivity contribution in [2.24, 2.45) is 0 Å². The summed E-state index contributed by atoms with van der Waals surface area (Å²) in [6, 6.07) is 22.2. The second-order valence-corrected chi connectivity index (χ2v) is 8.91. The molecular formula is C18H11Cl2IS2. The summed E-state index contributed by atoms with van der Waals surface area (Å²) in [5, 5.41) is 1.51. The average molecular weight is 489 g/mol. The molecule has 0 saturated carbocycles. The van der Waals surface area contributed by atoms with Crippen LogP contribution in [0.3, 0.4) is 0 Å². The molecule has 0 aliphatic rings. The molecule has 5 heteroatoms. The molecule has 0 N–H and O–H groups in total. The molecular weight excluding hydrogens is 478 g/mol. The van der Waals surface area contributed by atoms with Gasteiger partial charge in [0.1, 0.15) is 0 Å². The summed E-state index contributed by atoms with van der Waals surface area (Å²) in [7, 11) is 0. The summed E-state index contributed by atoms with van der Waals surface area (Å²) in [6.45, 7) is 0. The molecule has 0 aliphatic heterocycles. The molecule has 0 amide bonds. The zero-order valence-electron chi connectivity index (χ0n) is 11.8. The van der Waals surface area contributed by atoms with E-state index in [0.29, 0.717) is 0 Å². The standard InChI is InChI=1S/C18H11Cl2IS2/c19-12-4-8-14(9-5-12)22-17-3-1-2-16(21)18(17)23-15-10-6-13(20)7-11-15/h1-11H. The van der Waals surface area contributed by atoms with Crippen molar-refractivity contribution >= 4 is 69.3 Å². The van der Waals surface area contributed by atoms with Gasteiger partial charge in [-0.15, -0.1) is 0 Å². The second-order valence-electron chi connectivity index (χ2n) is 4.68. The Morgan fingerprint density at radius 3 is 1.74 bits per heavy atom. The number of halogens is 3. The SMILES string of the molecule is Clc1ccc(Sc2cccc(I)c2Sc2ccc(Cl)cc2)cc1.